The number of benzene rings is 2. The highest BCUT2D eigenvalue weighted by molar-refractivity contribution is 6.33. The third kappa shape index (κ3) is 4.12. The molecule has 1 amide bonds. The fraction of sp³-hybridized carbons (Fsp3) is 0.0476. The third-order valence-electron chi connectivity index (χ3n) is 4.53. The van der Waals surface area contributed by atoms with E-state index in [9.17, 15) is 14.9 Å². The summed E-state index contributed by atoms with van der Waals surface area (Å²) in [5, 5.41) is 19.5. The number of aliphatic imine (C=N–C) groups is 1. The predicted molar refractivity (Wildman–Crippen MR) is 118 cm³/mol. The first-order valence-corrected chi connectivity index (χ1v) is 9.51. The number of hydrazone groups is 1. The van der Waals surface area contributed by atoms with Crippen molar-refractivity contribution in [1.29, 1.82) is 0 Å². The average Bonchev–Trinajstić information content (AvgIpc) is 3.27. The molecule has 2 aromatic carbocycles. The van der Waals surface area contributed by atoms with Crippen LogP contribution in [0.5, 0.6) is 0 Å². The zero-order chi connectivity index (χ0) is 22.0. The van der Waals surface area contributed by atoms with Gasteiger partial charge >= 0.3 is 0 Å². The van der Waals surface area contributed by atoms with E-state index in [-0.39, 0.29) is 17.1 Å². The zero-order valence-electron chi connectivity index (χ0n) is 16.2. The Bertz CT molecular complexity index is 1260. The number of amidine groups is 1. The molecular formula is C21H15ClN6O3. The summed E-state index contributed by atoms with van der Waals surface area (Å²) in [6.07, 6.45) is 3.07. The van der Waals surface area contributed by atoms with Crippen LogP contribution in [0.3, 0.4) is 0 Å². The van der Waals surface area contributed by atoms with E-state index in [0.29, 0.717) is 22.0 Å². The summed E-state index contributed by atoms with van der Waals surface area (Å²) in [7, 11) is 0. The van der Waals surface area contributed by atoms with Gasteiger partial charge in [0, 0.05) is 23.9 Å². The lowest BCUT2D eigenvalue weighted by molar-refractivity contribution is -0.384. The van der Waals surface area contributed by atoms with Gasteiger partial charge in [0.15, 0.2) is 5.84 Å². The van der Waals surface area contributed by atoms with Gasteiger partial charge in [-0.3, -0.25) is 14.9 Å². The lowest BCUT2D eigenvalue weighted by Gasteiger charge is -2.02. The maximum atomic E-state index is 12.3. The smallest absolute Gasteiger partial charge is 0.267 e. The van der Waals surface area contributed by atoms with Crippen molar-refractivity contribution in [3.63, 3.8) is 0 Å². The predicted octanol–water partition coefficient (Wildman–Crippen LogP) is 3.69. The van der Waals surface area contributed by atoms with Crippen LogP contribution in [-0.2, 0) is 4.79 Å². The summed E-state index contributed by atoms with van der Waals surface area (Å²) in [5.74, 6) is -0.245. The van der Waals surface area contributed by atoms with Crippen molar-refractivity contribution in [3.05, 3.63) is 92.3 Å². The van der Waals surface area contributed by atoms with Crippen LogP contribution in [0.2, 0.25) is 5.15 Å². The van der Waals surface area contributed by atoms with Gasteiger partial charge in [0.05, 0.1) is 21.9 Å². The number of hydrogen-bond donors (Lipinski definition) is 1. The minimum Gasteiger partial charge on any atom is -0.267 e. The van der Waals surface area contributed by atoms with Crippen molar-refractivity contribution in [1.82, 2.24) is 15.2 Å². The lowest BCUT2D eigenvalue weighted by Crippen LogP contribution is -2.12. The van der Waals surface area contributed by atoms with Gasteiger partial charge in [-0.1, -0.05) is 29.8 Å². The van der Waals surface area contributed by atoms with Crippen molar-refractivity contribution in [3.8, 4) is 5.69 Å². The molecule has 154 valence electrons. The van der Waals surface area contributed by atoms with Crippen LogP contribution in [0.4, 0.5) is 5.69 Å². The number of carbonyl (C=O) groups is 1. The Morgan fingerprint density at radius 3 is 2.55 bits per heavy atom. The summed E-state index contributed by atoms with van der Waals surface area (Å²) in [5.41, 5.74) is 5.23. The number of nitro groups is 1. The molecule has 0 aliphatic carbocycles. The molecule has 31 heavy (non-hydrogen) atoms. The zero-order valence-corrected chi connectivity index (χ0v) is 16.9. The van der Waals surface area contributed by atoms with E-state index >= 15 is 0 Å². The van der Waals surface area contributed by atoms with E-state index in [4.69, 9.17) is 11.6 Å². The van der Waals surface area contributed by atoms with Gasteiger partial charge in [-0.2, -0.15) is 10.2 Å². The summed E-state index contributed by atoms with van der Waals surface area (Å²) < 4.78 is 1.59. The van der Waals surface area contributed by atoms with Crippen LogP contribution < -0.4 is 5.43 Å². The molecule has 2 heterocycles. The van der Waals surface area contributed by atoms with Gasteiger partial charge in [-0.25, -0.2) is 15.1 Å². The molecule has 9 nitrogen and oxygen atoms in total. The largest absolute Gasteiger partial charge is 0.275 e. The highest BCUT2D eigenvalue weighted by atomic mass is 35.5. The first kappa shape index (κ1) is 20.2. The van der Waals surface area contributed by atoms with E-state index in [0.717, 1.165) is 5.69 Å². The number of nitrogens with zero attached hydrogens (tertiary/aromatic N) is 5. The summed E-state index contributed by atoms with van der Waals surface area (Å²) in [6, 6.07) is 15.3. The third-order valence-corrected chi connectivity index (χ3v) is 4.89. The van der Waals surface area contributed by atoms with Gasteiger partial charge < -0.3 is 0 Å². The number of carbonyl (C=O) groups excluding carboxylic acids is 1. The molecule has 0 fully saturated rings. The van der Waals surface area contributed by atoms with Crippen LogP contribution in [-0.4, -0.2) is 32.7 Å². The molecule has 0 radical (unpaired) electrons. The molecule has 0 saturated carbocycles. The molecule has 0 unspecified atom stereocenters. The number of amides is 1. The van der Waals surface area contributed by atoms with E-state index in [2.05, 4.69) is 20.6 Å². The fourth-order valence-electron chi connectivity index (χ4n) is 2.93. The second-order valence-corrected chi connectivity index (χ2v) is 6.94. The minimum absolute atomic E-state index is 0.0201. The number of para-hydroxylation sites is 1. The Kier molecular flexibility index (Phi) is 5.42. The molecule has 1 aromatic heterocycles. The number of hydrogen-bond acceptors (Lipinski definition) is 6. The molecule has 3 aromatic rings. The average molecular weight is 435 g/mol. The van der Waals surface area contributed by atoms with E-state index in [1.807, 2.05) is 30.3 Å². The molecule has 1 aliphatic rings. The standard InChI is InChI=1S/C21H15ClN6O3/c1-13-17(19(22)27(26-13)15-5-3-2-4-6-15)11-18-20(24-25-21(18)29)23-12-14-7-9-16(10-8-14)28(30)31/h2-12H,1H3,(H,25,29)/b18-11-,23-12?. The van der Waals surface area contributed by atoms with Gasteiger partial charge in [-0.05, 0) is 42.8 Å². The van der Waals surface area contributed by atoms with Crippen molar-refractivity contribution in [2.75, 3.05) is 0 Å². The van der Waals surface area contributed by atoms with Crippen molar-refractivity contribution in [2.24, 2.45) is 10.1 Å². The first-order chi connectivity index (χ1) is 14.9. The Morgan fingerprint density at radius 1 is 1.16 bits per heavy atom. The highest BCUT2D eigenvalue weighted by Crippen LogP contribution is 2.26. The van der Waals surface area contributed by atoms with Gasteiger partial charge in [0.2, 0.25) is 0 Å². The van der Waals surface area contributed by atoms with E-state index in [1.54, 1.807) is 29.8 Å². The first-order valence-electron chi connectivity index (χ1n) is 9.13. The molecule has 10 heteroatoms. The molecule has 0 bridgehead atoms. The Hall–Kier alpha value is -4.11. The van der Waals surface area contributed by atoms with Crippen LogP contribution in [0.1, 0.15) is 16.8 Å². The normalized spacial score (nSPS) is 14.8. The Balaban J connectivity index is 1.64. The van der Waals surface area contributed by atoms with Crippen LogP contribution >= 0.6 is 11.6 Å². The van der Waals surface area contributed by atoms with Crippen LogP contribution in [0, 0.1) is 17.0 Å². The number of halogens is 1. The topological polar surface area (TPSA) is 115 Å². The van der Waals surface area contributed by atoms with E-state index in [1.165, 1.54) is 18.3 Å². The minimum atomic E-state index is -0.479. The summed E-state index contributed by atoms with van der Waals surface area (Å²) >= 11 is 6.54. The lowest BCUT2D eigenvalue weighted by atomic mass is 10.1. The van der Waals surface area contributed by atoms with Crippen molar-refractivity contribution >= 4 is 41.3 Å². The number of nitrogens with one attached hydrogen (secondary N) is 1. The number of nitro benzene ring substituents is 1. The fourth-order valence-corrected chi connectivity index (χ4v) is 3.26. The number of non-ortho nitro benzene ring substituents is 1. The van der Waals surface area contributed by atoms with Gasteiger partial charge in [-0.15, -0.1) is 0 Å². The number of rotatable bonds is 4. The highest BCUT2D eigenvalue weighted by Gasteiger charge is 2.24. The number of aromatic nitrogens is 2. The van der Waals surface area contributed by atoms with Crippen molar-refractivity contribution in [2.45, 2.75) is 6.92 Å². The maximum absolute atomic E-state index is 12.3. The Morgan fingerprint density at radius 2 is 1.87 bits per heavy atom. The molecule has 0 saturated heterocycles. The van der Waals surface area contributed by atoms with Gasteiger partial charge in [0.25, 0.3) is 11.6 Å². The molecule has 0 atom stereocenters. The Labute approximate surface area is 181 Å². The van der Waals surface area contributed by atoms with Crippen LogP contribution in [0.25, 0.3) is 11.8 Å². The van der Waals surface area contributed by atoms with Crippen LogP contribution in [0.15, 0.2) is 70.3 Å². The summed E-state index contributed by atoms with van der Waals surface area (Å²) in [6.45, 7) is 1.79. The summed E-state index contributed by atoms with van der Waals surface area (Å²) in [4.78, 5) is 26.8. The quantitative estimate of drug-likeness (QED) is 0.292. The molecule has 1 aliphatic heterocycles. The molecular weight excluding hydrogens is 420 g/mol. The second-order valence-electron chi connectivity index (χ2n) is 6.58. The molecule has 4 rings (SSSR count). The number of aryl methyl sites for hydroxylation is 1. The molecule has 0 spiro atoms. The SMILES string of the molecule is Cc1nn(-c2ccccc2)c(Cl)c1/C=C1\C(=O)NN=C1N=Cc1ccc([N+](=O)[O-])cc1. The molecule has 1 N–H and O–H groups in total. The maximum Gasteiger partial charge on any atom is 0.275 e. The van der Waals surface area contributed by atoms with E-state index < -0.39 is 10.8 Å². The second kappa shape index (κ2) is 8.33. The monoisotopic (exact) mass is 434 g/mol. The van der Waals surface area contributed by atoms with Crippen molar-refractivity contribution < 1.29 is 9.72 Å². The van der Waals surface area contributed by atoms with Gasteiger partial charge in [0.1, 0.15) is 5.15 Å².